The summed E-state index contributed by atoms with van der Waals surface area (Å²) in [5.74, 6) is 0.845. The van der Waals surface area contributed by atoms with E-state index in [1.165, 1.54) is 0 Å². The first-order valence-corrected chi connectivity index (χ1v) is 3.99. The van der Waals surface area contributed by atoms with Gasteiger partial charge >= 0.3 is 0 Å². The summed E-state index contributed by atoms with van der Waals surface area (Å²) in [5.41, 5.74) is 7.48. The van der Waals surface area contributed by atoms with Gasteiger partial charge in [0.1, 0.15) is 0 Å². The maximum Gasteiger partial charge on any atom is 0.164 e. The van der Waals surface area contributed by atoms with Gasteiger partial charge in [-0.25, -0.2) is 0 Å². The molecule has 0 fully saturated rings. The van der Waals surface area contributed by atoms with Crippen molar-refractivity contribution in [3.05, 3.63) is 23.3 Å². The molecule has 1 aromatic rings. The predicted octanol–water partition coefficient (Wildman–Crippen LogP) is 0.786. The number of hydrogen-bond acceptors (Lipinski definition) is 3. The Morgan fingerprint density at radius 1 is 1.50 bits per heavy atom. The largest absolute Gasteiger partial charge is 0.504 e. The van der Waals surface area contributed by atoms with E-state index in [1.54, 1.807) is 6.07 Å². The van der Waals surface area contributed by atoms with Crippen molar-refractivity contribution in [1.29, 1.82) is 0 Å². The van der Waals surface area contributed by atoms with E-state index in [0.29, 0.717) is 18.9 Å². The number of fused-ring (bicyclic) bond motifs is 1. The Balaban J connectivity index is 2.51. The standard InChI is InChI=1S/C9H11NO2/c10-5-6-3-7-1-2-12-9(7)8(11)4-6/h3-4,11H,1-2,5,10H2. The van der Waals surface area contributed by atoms with Crippen LogP contribution in [0.3, 0.4) is 0 Å². The fourth-order valence-electron chi connectivity index (χ4n) is 1.47. The molecule has 0 bridgehead atoms. The van der Waals surface area contributed by atoms with E-state index in [2.05, 4.69) is 0 Å². The van der Waals surface area contributed by atoms with Crippen molar-refractivity contribution in [2.45, 2.75) is 13.0 Å². The van der Waals surface area contributed by atoms with Gasteiger partial charge in [-0.05, 0) is 11.6 Å². The molecule has 0 radical (unpaired) electrons. The molecule has 0 unspecified atom stereocenters. The Hall–Kier alpha value is -1.22. The third-order valence-corrected chi connectivity index (χ3v) is 2.06. The van der Waals surface area contributed by atoms with Gasteiger partial charge in [-0.3, -0.25) is 0 Å². The van der Waals surface area contributed by atoms with Crippen LogP contribution in [0.2, 0.25) is 0 Å². The summed E-state index contributed by atoms with van der Waals surface area (Å²) in [7, 11) is 0. The minimum atomic E-state index is 0.213. The molecule has 1 aliphatic heterocycles. The van der Waals surface area contributed by atoms with Crippen LogP contribution in [0.4, 0.5) is 0 Å². The molecule has 12 heavy (non-hydrogen) atoms. The van der Waals surface area contributed by atoms with Crippen molar-refractivity contribution in [3.63, 3.8) is 0 Å². The first-order chi connectivity index (χ1) is 5.81. The quantitative estimate of drug-likeness (QED) is 0.646. The highest BCUT2D eigenvalue weighted by molar-refractivity contribution is 5.50. The Morgan fingerprint density at radius 2 is 2.33 bits per heavy atom. The molecule has 2 rings (SSSR count). The third kappa shape index (κ3) is 1.02. The first-order valence-electron chi connectivity index (χ1n) is 3.99. The SMILES string of the molecule is NCc1cc(O)c2c(c1)CCO2. The molecule has 0 atom stereocenters. The van der Waals surface area contributed by atoms with E-state index in [-0.39, 0.29) is 5.75 Å². The second-order valence-corrected chi connectivity index (χ2v) is 2.91. The summed E-state index contributed by atoms with van der Waals surface area (Å²) in [4.78, 5) is 0. The van der Waals surface area contributed by atoms with Gasteiger partial charge in [-0.2, -0.15) is 0 Å². The number of hydrogen-bond donors (Lipinski definition) is 2. The highest BCUT2D eigenvalue weighted by atomic mass is 16.5. The summed E-state index contributed by atoms with van der Waals surface area (Å²) in [6, 6.07) is 3.65. The van der Waals surface area contributed by atoms with Crippen molar-refractivity contribution < 1.29 is 9.84 Å². The van der Waals surface area contributed by atoms with Crippen LogP contribution in [0.15, 0.2) is 12.1 Å². The minimum absolute atomic E-state index is 0.213. The van der Waals surface area contributed by atoms with Crippen LogP contribution in [0.25, 0.3) is 0 Å². The minimum Gasteiger partial charge on any atom is -0.504 e. The molecule has 0 saturated carbocycles. The highest BCUT2D eigenvalue weighted by Gasteiger charge is 2.16. The first kappa shape index (κ1) is 7.43. The lowest BCUT2D eigenvalue weighted by atomic mass is 10.1. The van der Waals surface area contributed by atoms with E-state index in [9.17, 15) is 5.11 Å². The van der Waals surface area contributed by atoms with Crippen LogP contribution in [-0.4, -0.2) is 11.7 Å². The Labute approximate surface area is 70.8 Å². The molecule has 3 N–H and O–H groups in total. The fourth-order valence-corrected chi connectivity index (χ4v) is 1.47. The molecule has 0 amide bonds. The van der Waals surface area contributed by atoms with Crippen LogP contribution < -0.4 is 10.5 Å². The number of rotatable bonds is 1. The van der Waals surface area contributed by atoms with Crippen molar-refractivity contribution in [2.75, 3.05) is 6.61 Å². The molecule has 64 valence electrons. The fraction of sp³-hybridized carbons (Fsp3) is 0.333. The molecule has 1 heterocycles. The zero-order valence-electron chi connectivity index (χ0n) is 6.71. The molecular formula is C9H11NO2. The Kier molecular flexibility index (Phi) is 1.66. The second kappa shape index (κ2) is 2.68. The topological polar surface area (TPSA) is 55.5 Å². The van der Waals surface area contributed by atoms with E-state index in [4.69, 9.17) is 10.5 Å². The van der Waals surface area contributed by atoms with Crippen LogP contribution in [0.5, 0.6) is 11.5 Å². The van der Waals surface area contributed by atoms with Gasteiger partial charge < -0.3 is 15.6 Å². The molecule has 0 spiro atoms. The number of phenolic OH excluding ortho intramolecular Hbond substituents is 1. The molecule has 1 aliphatic rings. The van der Waals surface area contributed by atoms with Crippen molar-refractivity contribution >= 4 is 0 Å². The number of nitrogens with two attached hydrogens (primary N) is 1. The summed E-state index contributed by atoms with van der Waals surface area (Å²) >= 11 is 0. The van der Waals surface area contributed by atoms with Crippen molar-refractivity contribution in [3.8, 4) is 11.5 Å². The molecule has 3 nitrogen and oxygen atoms in total. The molecule has 0 aromatic heterocycles. The molecular weight excluding hydrogens is 154 g/mol. The number of benzene rings is 1. The summed E-state index contributed by atoms with van der Waals surface area (Å²) in [5, 5.41) is 9.46. The van der Waals surface area contributed by atoms with Gasteiger partial charge in [-0.15, -0.1) is 0 Å². The van der Waals surface area contributed by atoms with Crippen LogP contribution in [0, 0.1) is 0 Å². The number of phenols is 1. The van der Waals surface area contributed by atoms with Gasteiger partial charge in [0.15, 0.2) is 11.5 Å². The van der Waals surface area contributed by atoms with E-state index < -0.39 is 0 Å². The van der Waals surface area contributed by atoms with E-state index >= 15 is 0 Å². The van der Waals surface area contributed by atoms with E-state index in [1.807, 2.05) is 6.07 Å². The zero-order chi connectivity index (χ0) is 8.55. The van der Waals surface area contributed by atoms with Gasteiger partial charge in [0, 0.05) is 18.5 Å². The Morgan fingerprint density at radius 3 is 3.08 bits per heavy atom. The second-order valence-electron chi connectivity index (χ2n) is 2.91. The van der Waals surface area contributed by atoms with Crippen molar-refractivity contribution in [1.82, 2.24) is 0 Å². The average molecular weight is 165 g/mol. The van der Waals surface area contributed by atoms with Gasteiger partial charge in [0.05, 0.1) is 6.61 Å². The lowest BCUT2D eigenvalue weighted by Crippen LogP contribution is -1.96. The third-order valence-electron chi connectivity index (χ3n) is 2.06. The summed E-state index contributed by atoms with van der Waals surface area (Å²) in [6.45, 7) is 1.12. The van der Waals surface area contributed by atoms with Crippen LogP contribution in [0.1, 0.15) is 11.1 Å². The normalized spacial score (nSPS) is 14.1. The number of ether oxygens (including phenoxy) is 1. The average Bonchev–Trinajstić information content (AvgIpc) is 2.52. The monoisotopic (exact) mass is 165 g/mol. The van der Waals surface area contributed by atoms with Gasteiger partial charge in [-0.1, -0.05) is 6.07 Å². The lowest BCUT2D eigenvalue weighted by molar-refractivity contribution is 0.334. The van der Waals surface area contributed by atoms with Crippen LogP contribution in [-0.2, 0) is 13.0 Å². The van der Waals surface area contributed by atoms with E-state index in [0.717, 1.165) is 17.5 Å². The smallest absolute Gasteiger partial charge is 0.164 e. The molecule has 0 aliphatic carbocycles. The maximum absolute atomic E-state index is 9.46. The van der Waals surface area contributed by atoms with Crippen molar-refractivity contribution in [2.24, 2.45) is 5.73 Å². The van der Waals surface area contributed by atoms with Crippen LogP contribution >= 0.6 is 0 Å². The van der Waals surface area contributed by atoms with Gasteiger partial charge in [0.25, 0.3) is 0 Å². The Bertz CT molecular complexity index is 310. The highest BCUT2D eigenvalue weighted by Crippen LogP contribution is 2.35. The number of aromatic hydroxyl groups is 1. The maximum atomic E-state index is 9.46. The lowest BCUT2D eigenvalue weighted by Gasteiger charge is -2.04. The summed E-state index contributed by atoms with van der Waals surface area (Å²) in [6.07, 6.45) is 0.872. The zero-order valence-corrected chi connectivity index (χ0v) is 6.71. The summed E-state index contributed by atoms with van der Waals surface area (Å²) < 4.78 is 5.24. The molecule has 3 heteroatoms. The molecule has 0 saturated heterocycles. The van der Waals surface area contributed by atoms with Gasteiger partial charge in [0.2, 0.25) is 0 Å². The predicted molar refractivity (Wildman–Crippen MR) is 45.2 cm³/mol. The molecule has 1 aromatic carbocycles.